The minimum absolute atomic E-state index is 0.0810. The van der Waals surface area contributed by atoms with Crippen LogP contribution in [-0.4, -0.2) is 34.7 Å². The molecule has 112 valence electrons. The summed E-state index contributed by atoms with van der Waals surface area (Å²) in [5.74, 6) is 1.20. The fourth-order valence-electron chi connectivity index (χ4n) is 2.40. The zero-order valence-electron chi connectivity index (χ0n) is 12.1. The molecule has 7 heteroatoms. The Balaban J connectivity index is 1.73. The van der Waals surface area contributed by atoms with Crippen molar-refractivity contribution in [1.82, 2.24) is 15.0 Å². The highest BCUT2D eigenvalue weighted by atomic mass is 16.5. The summed E-state index contributed by atoms with van der Waals surface area (Å²) in [6.07, 6.45) is 5.52. The predicted octanol–water partition coefficient (Wildman–Crippen LogP) is 1.69. The minimum atomic E-state index is -0.101. The van der Waals surface area contributed by atoms with Crippen molar-refractivity contribution in [3.63, 3.8) is 0 Å². The van der Waals surface area contributed by atoms with E-state index in [2.05, 4.69) is 20.3 Å². The molecule has 3 heterocycles. The molecule has 2 atom stereocenters. The number of aromatic nitrogens is 3. The summed E-state index contributed by atoms with van der Waals surface area (Å²) < 4.78 is 10.9. The SMILES string of the molecule is COc1ccc([C@H]2OCC[C@@H]2Nc2cnc(C#N)cn2)cn1. The van der Waals surface area contributed by atoms with Crippen LogP contribution in [0.25, 0.3) is 0 Å². The quantitative estimate of drug-likeness (QED) is 0.917. The number of pyridine rings is 1. The first-order chi connectivity index (χ1) is 10.8. The summed E-state index contributed by atoms with van der Waals surface area (Å²) in [5.41, 5.74) is 1.28. The first-order valence-electron chi connectivity index (χ1n) is 6.90. The van der Waals surface area contributed by atoms with Crippen molar-refractivity contribution in [2.24, 2.45) is 0 Å². The van der Waals surface area contributed by atoms with Gasteiger partial charge in [0.25, 0.3) is 0 Å². The maximum absolute atomic E-state index is 8.74. The average molecular weight is 297 g/mol. The van der Waals surface area contributed by atoms with Crippen LogP contribution in [0.15, 0.2) is 30.7 Å². The van der Waals surface area contributed by atoms with Gasteiger partial charge in [-0.15, -0.1) is 0 Å². The van der Waals surface area contributed by atoms with Gasteiger partial charge >= 0.3 is 0 Å². The monoisotopic (exact) mass is 297 g/mol. The molecule has 1 aliphatic rings. The maximum atomic E-state index is 8.74. The van der Waals surface area contributed by atoms with Crippen LogP contribution >= 0.6 is 0 Å². The Morgan fingerprint density at radius 2 is 2.18 bits per heavy atom. The van der Waals surface area contributed by atoms with Gasteiger partial charge < -0.3 is 14.8 Å². The van der Waals surface area contributed by atoms with E-state index in [4.69, 9.17) is 14.7 Å². The molecule has 0 amide bonds. The Hall–Kier alpha value is -2.72. The molecule has 1 N–H and O–H groups in total. The molecule has 0 radical (unpaired) electrons. The summed E-state index contributed by atoms with van der Waals surface area (Å²) in [5, 5.41) is 12.0. The van der Waals surface area contributed by atoms with Gasteiger partial charge in [0.15, 0.2) is 5.69 Å². The lowest BCUT2D eigenvalue weighted by Gasteiger charge is -2.20. The van der Waals surface area contributed by atoms with E-state index in [-0.39, 0.29) is 12.1 Å². The van der Waals surface area contributed by atoms with Crippen molar-refractivity contribution in [2.45, 2.75) is 18.6 Å². The molecule has 0 saturated carbocycles. The highest BCUT2D eigenvalue weighted by Gasteiger charge is 2.30. The molecule has 2 aromatic heterocycles. The van der Waals surface area contributed by atoms with Crippen molar-refractivity contribution >= 4 is 5.82 Å². The summed E-state index contributed by atoms with van der Waals surface area (Å²) >= 11 is 0. The van der Waals surface area contributed by atoms with E-state index < -0.39 is 0 Å². The normalized spacial score (nSPS) is 20.4. The van der Waals surface area contributed by atoms with E-state index in [0.29, 0.717) is 24.0 Å². The first-order valence-corrected chi connectivity index (χ1v) is 6.90. The third kappa shape index (κ3) is 2.97. The standard InChI is InChI=1S/C15H15N5O2/c1-21-14-3-2-10(7-19-14)15-12(4-5-22-15)20-13-9-17-11(6-16)8-18-13/h2-3,7-9,12,15H,4-5H2,1H3,(H,18,20)/t12-,15+/m0/s1. The minimum Gasteiger partial charge on any atom is -0.481 e. The van der Waals surface area contributed by atoms with Crippen molar-refractivity contribution in [2.75, 3.05) is 19.0 Å². The second kappa shape index (κ2) is 6.37. The van der Waals surface area contributed by atoms with E-state index in [0.717, 1.165) is 12.0 Å². The first kappa shape index (κ1) is 14.2. The number of ether oxygens (including phenoxy) is 2. The van der Waals surface area contributed by atoms with Crippen LogP contribution in [0.4, 0.5) is 5.82 Å². The lowest BCUT2D eigenvalue weighted by molar-refractivity contribution is 0.107. The van der Waals surface area contributed by atoms with Gasteiger partial charge in [-0.3, -0.25) is 0 Å². The number of methoxy groups -OCH3 is 1. The molecule has 0 aromatic carbocycles. The summed E-state index contributed by atoms with van der Waals surface area (Å²) in [6.45, 7) is 0.665. The van der Waals surface area contributed by atoms with Crippen LogP contribution in [0.1, 0.15) is 23.8 Å². The lowest BCUT2D eigenvalue weighted by Crippen LogP contribution is -2.24. The van der Waals surface area contributed by atoms with Crippen LogP contribution < -0.4 is 10.1 Å². The molecule has 0 unspecified atom stereocenters. The Labute approximate surface area is 128 Å². The second-order valence-corrected chi connectivity index (χ2v) is 4.86. The zero-order valence-corrected chi connectivity index (χ0v) is 12.1. The van der Waals surface area contributed by atoms with Gasteiger partial charge in [0.1, 0.15) is 18.0 Å². The lowest BCUT2D eigenvalue weighted by atomic mass is 10.0. The van der Waals surface area contributed by atoms with Gasteiger partial charge in [0.05, 0.1) is 25.5 Å². The Morgan fingerprint density at radius 3 is 2.82 bits per heavy atom. The molecule has 2 aromatic rings. The molecule has 7 nitrogen and oxygen atoms in total. The summed E-state index contributed by atoms with van der Waals surface area (Å²) in [4.78, 5) is 12.4. The van der Waals surface area contributed by atoms with Gasteiger partial charge in [-0.05, 0) is 12.5 Å². The molecule has 3 rings (SSSR count). The van der Waals surface area contributed by atoms with Gasteiger partial charge in [0.2, 0.25) is 5.88 Å². The van der Waals surface area contributed by atoms with E-state index in [1.54, 1.807) is 19.5 Å². The molecular weight excluding hydrogens is 282 g/mol. The highest BCUT2D eigenvalue weighted by molar-refractivity contribution is 5.36. The number of nitrogens with zero attached hydrogens (tertiary/aromatic N) is 4. The Bertz CT molecular complexity index is 666. The fraction of sp³-hybridized carbons (Fsp3) is 0.333. The number of nitrogens with one attached hydrogen (secondary N) is 1. The smallest absolute Gasteiger partial charge is 0.212 e. The Kier molecular flexibility index (Phi) is 4.12. The highest BCUT2D eigenvalue weighted by Crippen LogP contribution is 2.31. The van der Waals surface area contributed by atoms with E-state index in [1.165, 1.54) is 6.20 Å². The van der Waals surface area contributed by atoms with Crippen LogP contribution in [0.5, 0.6) is 5.88 Å². The van der Waals surface area contributed by atoms with Crippen LogP contribution in [0.3, 0.4) is 0 Å². The topological polar surface area (TPSA) is 93.0 Å². The maximum Gasteiger partial charge on any atom is 0.212 e. The summed E-state index contributed by atoms with van der Waals surface area (Å²) in [6, 6.07) is 5.79. The predicted molar refractivity (Wildman–Crippen MR) is 78.3 cm³/mol. The molecule has 1 saturated heterocycles. The van der Waals surface area contributed by atoms with Crippen molar-refractivity contribution in [1.29, 1.82) is 5.26 Å². The third-order valence-corrected chi connectivity index (χ3v) is 3.49. The number of anilines is 1. The molecule has 0 spiro atoms. The molecule has 1 fully saturated rings. The number of hydrogen-bond acceptors (Lipinski definition) is 7. The van der Waals surface area contributed by atoms with Gasteiger partial charge in [-0.1, -0.05) is 0 Å². The third-order valence-electron chi connectivity index (χ3n) is 3.49. The van der Waals surface area contributed by atoms with Crippen LogP contribution in [-0.2, 0) is 4.74 Å². The van der Waals surface area contributed by atoms with E-state index in [9.17, 15) is 0 Å². The number of hydrogen-bond donors (Lipinski definition) is 1. The number of nitriles is 1. The second-order valence-electron chi connectivity index (χ2n) is 4.86. The fourth-order valence-corrected chi connectivity index (χ4v) is 2.40. The number of rotatable bonds is 4. The Morgan fingerprint density at radius 1 is 1.27 bits per heavy atom. The molecular formula is C15H15N5O2. The molecule has 0 bridgehead atoms. The molecule has 1 aliphatic heterocycles. The van der Waals surface area contributed by atoms with Crippen molar-refractivity contribution in [3.05, 3.63) is 42.0 Å². The summed E-state index contributed by atoms with van der Waals surface area (Å²) in [7, 11) is 1.59. The largest absolute Gasteiger partial charge is 0.481 e. The van der Waals surface area contributed by atoms with Crippen LogP contribution in [0.2, 0.25) is 0 Å². The molecule has 22 heavy (non-hydrogen) atoms. The van der Waals surface area contributed by atoms with Crippen molar-refractivity contribution in [3.8, 4) is 11.9 Å². The average Bonchev–Trinajstić information content (AvgIpc) is 3.04. The van der Waals surface area contributed by atoms with E-state index in [1.807, 2.05) is 18.2 Å². The zero-order chi connectivity index (χ0) is 15.4. The van der Waals surface area contributed by atoms with E-state index >= 15 is 0 Å². The molecule has 0 aliphatic carbocycles. The van der Waals surface area contributed by atoms with Gasteiger partial charge in [0, 0.05) is 24.4 Å². The van der Waals surface area contributed by atoms with Gasteiger partial charge in [-0.2, -0.15) is 5.26 Å². The van der Waals surface area contributed by atoms with Gasteiger partial charge in [-0.25, -0.2) is 15.0 Å². The van der Waals surface area contributed by atoms with Crippen LogP contribution in [0, 0.1) is 11.3 Å². The van der Waals surface area contributed by atoms with Crippen molar-refractivity contribution < 1.29 is 9.47 Å².